The summed E-state index contributed by atoms with van der Waals surface area (Å²) in [4.78, 5) is 23.5. The normalized spacial score (nSPS) is 17.3. The highest BCUT2D eigenvalue weighted by Crippen LogP contribution is 2.37. The molecule has 3 aromatic rings. The van der Waals surface area contributed by atoms with Gasteiger partial charge in [0.05, 0.1) is 5.56 Å². The summed E-state index contributed by atoms with van der Waals surface area (Å²) < 4.78 is 54.6. The number of benzene rings is 1. The number of hydrogen-bond acceptors (Lipinski definition) is 7. The first-order chi connectivity index (χ1) is 16.5. The quantitative estimate of drug-likeness (QED) is 0.511. The summed E-state index contributed by atoms with van der Waals surface area (Å²) in [5.41, 5.74) is 0.0648. The van der Waals surface area contributed by atoms with Crippen LogP contribution >= 0.6 is 0 Å². The van der Waals surface area contributed by atoms with Crippen LogP contribution in [-0.2, 0) is 10.0 Å². The maximum atomic E-state index is 13.5. The van der Waals surface area contributed by atoms with E-state index in [1.165, 1.54) is 30.3 Å². The van der Waals surface area contributed by atoms with Crippen molar-refractivity contribution in [2.75, 3.05) is 16.8 Å². The van der Waals surface area contributed by atoms with Gasteiger partial charge in [-0.15, -0.1) is 0 Å². The Morgan fingerprint density at radius 1 is 1.14 bits per heavy atom. The average molecular weight is 504 g/mol. The van der Waals surface area contributed by atoms with Crippen molar-refractivity contribution in [3.05, 3.63) is 71.9 Å². The topological polar surface area (TPSA) is 104 Å². The van der Waals surface area contributed by atoms with Crippen molar-refractivity contribution in [2.45, 2.75) is 37.8 Å². The Morgan fingerprint density at radius 3 is 2.60 bits per heavy atom. The van der Waals surface area contributed by atoms with Gasteiger partial charge in [0.2, 0.25) is 0 Å². The summed E-state index contributed by atoms with van der Waals surface area (Å²) in [5.74, 6) is -2.03. The zero-order valence-corrected chi connectivity index (χ0v) is 20.2. The van der Waals surface area contributed by atoms with Gasteiger partial charge in [-0.3, -0.25) is 4.79 Å². The van der Waals surface area contributed by atoms with Gasteiger partial charge in [-0.05, 0) is 62.6 Å². The lowest BCUT2D eigenvalue weighted by molar-refractivity contribution is 0.0981. The van der Waals surface area contributed by atoms with E-state index in [4.69, 9.17) is 0 Å². The Bertz CT molecular complexity index is 1390. The smallest absolute Gasteiger partial charge is 0.281 e. The number of aromatic nitrogens is 2. The van der Waals surface area contributed by atoms with Crippen LogP contribution in [0.2, 0.25) is 0 Å². The minimum Gasteiger partial charge on any atom is -0.351 e. The molecule has 0 bridgehead atoms. The highest BCUT2D eigenvalue weighted by molar-refractivity contribution is 7.90. The number of anilines is 3. The summed E-state index contributed by atoms with van der Waals surface area (Å²) in [6.07, 6.45) is 2.47. The summed E-state index contributed by atoms with van der Waals surface area (Å²) in [6.45, 7) is 6.91. The summed E-state index contributed by atoms with van der Waals surface area (Å²) in [5, 5.41) is 2.30. The molecule has 1 fully saturated rings. The number of halogens is 2. The van der Waals surface area contributed by atoms with E-state index in [0.717, 1.165) is 18.6 Å². The van der Waals surface area contributed by atoms with Gasteiger partial charge in [0.15, 0.2) is 16.7 Å². The second-order valence-corrected chi connectivity index (χ2v) is 10.8. The summed E-state index contributed by atoms with van der Waals surface area (Å²) in [7, 11) is -4.35. The van der Waals surface area contributed by atoms with E-state index in [1.54, 1.807) is 12.3 Å². The Morgan fingerprint density at radius 2 is 1.91 bits per heavy atom. The monoisotopic (exact) mass is 503 g/mol. The first-order valence-electron chi connectivity index (χ1n) is 11.0. The minimum absolute atomic E-state index is 0. The maximum absolute atomic E-state index is 13.5. The lowest BCUT2D eigenvalue weighted by Gasteiger charge is -2.33. The van der Waals surface area contributed by atoms with Crippen LogP contribution in [0.25, 0.3) is 0 Å². The fourth-order valence-electron chi connectivity index (χ4n) is 4.33. The van der Waals surface area contributed by atoms with E-state index in [0.29, 0.717) is 18.3 Å². The molecular formula is C24H27F2N5O3S. The van der Waals surface area contributed by atoms with Crippen LogP contribution < -0.4 is 14.9 Å². The molecule has 8 nitrogen and oxygen atoms in total. The van der Waals surface area contributed by atoms with Gasteiger partial charge in [-0.1, -0.05) is 13.0 Å². The Balaban J connectivity index is 0.00000361. The maximum Gasteiger partial charge on any atom is 0.281 e. The molecule has 0 aliphatic carbocycles. The molecule has 1 aliphatic rings. The van der Waals surface area contributed by atoms with E-state index in [-0.39, 0.29) is 24.0 Å². The summed E-state index contributed by atoms with van der Waals surface area (Å²) in [6, 6.07) is 10.3. The second kappa shape index (κ2) is 9.21. The first kappa shape index (κ1) is 24.5. The predicted octanol–water partition coefficient (Wildman–Crippen LogP) is 4.49. The fourth-order valence-corrected chi connectivity index (χ4v) is 5.27. The van der Waals surface area contributed by atoms with Gasteiger partial charge in [-0.2, -0.15) is 8.42 Å². The highest BCUT2D eigenvalue weighted by Gasteiger charge is 2.39. The third-order valence-corrected chi connectivity index (χ3v) is 7.01. The molecule has 11 heteroatoms. The molecule has 1 amide bonds. The van der Waals surface area contributed by atoms with Gasteiger partial charge in [0.25, 0.3) is 15.9 Å². The lowest BCUT2D eigenvalue weighted by Crippen LogP contribution is -2.41. The molecule has 0 radical (unpaired) electrons. The zero-order valence-electron chi connectivity index (χ0n) is 19.4. The SMILES string of the molecule is CC1CN(c2ncccc2C(=O)NS(=O)(=O)c2cccc(Nc3ccc(F)c(F)c3)n2)C(C)(C)C1.[HH]. The number of nitrogens with one attached hydrogen (secondary N) is 2. The van der Waals surface area contributed by atoms with Gasteiger partial charge >= 0.3 is 0 Å². The van der Waals surface area contributed by atoms with E-state index in [2.05, 4.69) is 40.8 Å². The molecule has 4 rings (SSSR count). The number of sulfonamides is 1. The predicted molar refractivity (Wildman–Crippen MR) is 130 cm³/mol. The molecule has 1 aromatic carbocycles. The van der Waals surface area contributed by atoms with Gasteiger partial charge < -0.3 is 10.2 Å². The van der Waals surface area contributed by atoms with Crippen molar-refractivity contribution in [1.82, 2.24) is 14.7 Å². The van der Waals surface area contributed by atoms with E-state index in [9.17, 15) is 22.0 Å². The minimum atomic E-state index is -4.35. The summed E-state index contributed by atoms with van der Waals surface area (Å²) >= 11 is 0. The molecule has 186 valence electrons. The van der Waals surface area contributed by atoms with Crippen molar-refractivity contribution < 1.29 is 23.4 Å². The zero-order chi connectivity index (χ0) is 25.4. The van der Waals surface area contributed by atoms with Crippen LogP contribution in [0.1, 0.15) is 39.0 Å². The number of nitrogens with zero attached hydrogens (tertiary/aromatic N) is 3. The molecule has 0 spiro atoms. The Kier molecular flexibility index (Phi) is 6.46. The van der Waals surface area contributed by atoms with Crippen molar-refractivity contribution in [2.24, 2.45) is 5.92 Å². The van der Waals surface area contributed by atoms with E-state index >= 15 is 0 Å². The van der Waals surface area contributed by atoms with Crippen LogP contribution in [0.3, 0.4) is 0 Å². The van der Waals surface area contributed by atoms with Gasteiger partial charge in [0, 0.05) is 31.5 Å². The Hall–Kier alpha value is -3.60. The molecule has 1 atom stereocenters. The average Bonchev–Trinajstić information content (AvgIpc) is 3.08. The molecule has 2 N–H and O–H groups in total. The number of pyridine rings is 2. The van der Waals surface area contributed by atoms with Gasteiger partial charge in [0.1, 0.15) is 11.6 Å². The number of hydrogen-bond donors (Lipinski definition) is 2. The molecule has 0 saturated carbocycles. The first-order valence-corrected chi connectivity index (χ1v) is 12.4. The van der Waals surface area contributed by atoms with Crippen LogP contribution in [-0.4, -0.2) is 36.4 Å². The molecule has 1 aliphatic heterocycles. The van der Waals surface area contributed by atoms with E-state index in [1.807, 2.05) is 4.90 Å². The lowest BCUT2D eigenvalue weighted by atomic mass is 9.97. The number of amides is 1. The van der Waals surface area contributed by atoms with E-state index < -0.39 is 32.6 Å². The van der Waals surface area contributed by atoms with Crippen LogP contribution in [0.5, 0.6) is 0 Å². The molecule has 35 heavy (non-hydrogen) atoms. The molecule has 1 unspecified atom stereocenters. The second-order valence-electron chi connectivity index (χ2n) is 9.16. The van der Waals surface area contributed by atoms with Gasteiger partial charge in [-0.25, -0.2) is 23.5 Å². The molecular weight excluding hydrogens is 476 g/mol. The van der Waals surface area contributed by atoms with Crippen LogP contribution in [0.15, 0.2) is 59.8 Å². The standard InChI is InChI=1S/C24H25F2N5O3S.H2/c1-15-13-24(2,3)31(14-15)22-17(6-5-11-27-22)23(32)30-35(33,34)21-8-4-7-20(29-21)28-16-9-10-18(25)19(26)12-16;/h4-12,15H,13-14H2,1-3H3,(H,28,29)(H,30,32);1H. The third-order valence-electron chi connectivity index (χ3n) is 5.78. The number of carbonyl (C=O) groups is 1. The van der Waals surface area contributed by atoms with Crippen molar-refractivity contribution in [3.8, 4) is 0 Å². The number of rotatable bonds is 6. The van der Waals surface area contributed by atoms with Crippen molar-refractivity contribution >= 4 is 33.3 Å². The van der Waals surface area contributed by atoms with Crippen molar-refractivity contribution in [1.29, 1.82) is 0 Å². The fraction of sp³-hybridized carbons (Fsp3) is 0.292. The number of carbonyl (C=O) groups excluding carboxylic acids is 1. The van der Waals surface area contributed by atoms with Crippen LogP contribution in [0, 0.1) is 17.6 Å². The van der Waals surface area contributed by atoms with Crippen LogP contribution in [0.4, 0.5) is 26.1 Å². The largest absolute Gasteiger partial charge is 0.351 e. The Labute approximate surface area is 203 Å². The molecule has 3 heterocycles. The third kappa shape index (κ3) is 5.24. The highest BCUT2D eigenvalue weighted by atomic mass is 32.2. The van der Waals surface area contributed by atoms with Crippen molar-refractivity contribution in [3.63, 3.8) is 0 Å². The molecule has 1 saturated heterocycles. The molecule has 2 aromatic heterocycles.